The molecule has 0 radical (unpaired) electrons. The van der Waals surface area contributed by atoms with Crippen LogP contribution in [0.2, 0.25) is 0 Å². The summed E-state index contributed by atoms with van der Waals surface area (Å²) in [7, 11) is 1.77. The van der Waals surface area contributed by atoms with E-state index in [2.05, 4.69) is 31.1 Å². The van der Waals surface area contributed by atoms with Gasteiger partial charge in [0.1, 0.15) is 17.8 Å². The van der Waals surface area contributed by atoms with Gasteiger partial charge in [0.05, 0.1) is 11.4 Å². The normalized spacial score (nSPS) is 18.8. The molecule has 4 rings (SSSR count). The molecule has 1 unspecified atom stereocenters. The molecule has 2 heterocycles. The van der Waals surface area contributed by atoms with E-state index >= 15 is 0 Å². The van der Waals surface area contributed by atoms with Crippen molar-refractivity contribution in [1.29, 1.82) is 21.3 Å². The highest BCUT2D eigenvalue weighted by atomic mass is 15.3. The molecule has 2 aromatic heterocycles. The monoisotopic (exact) mass is 482 g/mol. The van der Waals surface area contributed by atoms with E-state index < -0.39 is 5.92 Å². The first-order chi connectivity index (χ1) is 17.2. The fourth-order valence-corrected chi connectivity index (χ4v) is 5.20. The molecule has 0 aromatic carbocycles. The van der Waals surface area contributed by atoms with E-state index in [0.717, 1.165) is 55.5 Å². The fraction of sp³-hybridized carbons (Fsp3) is 0.500. The summed E-state index contributed by atoms with van der Waals surface area (Å²) in [5.41, 5.74) is 5.01. The van der Waals surface area contributed by atoms with Gasteiger partial charge in [0, 0.05) is 42.7 Å². The molecule has 8 heteroatoms. The number of nitrogens with zero attached hydrogens (tertiary/aromatic N) is 6. The highest BCUT2D eigenvalue weighted by Crippen LogP contribution is 2.48. The molecule has 0 bridgehead atoms. The molecule has 2 N–H and O–H groups in total. The molecule has 0 spiro atoms. The molecule has 186 valence electrons. The average Bonchev–Trinajstić information content (AvgIpc) is 3.35. The number of nitrogens with one attached hydrogen (secondary N) is 2. The quantitative estimate of drug-likeness (QED) is 0.439. The van der Waals surface area contributed by atoms with E-state index in [1.165, 1.54) is 18.9 Å². The summed E-state index contributed by atoms with van der Waals surface area (Å²) < 4.78 is 3.17. The lowest BCUT2D eigenvalue weighted by molar-refractivity contribution is 0.159. The lowest BCUT2D eigenvalue weighted by atomic mass is 9.67. The van der Waals surface area contributed by atoms with Crippen molar-refractivity contribution in [3.8, 4) is 12.1 Å². The molecule has 0 aliphatic heterocycles. The Kier molecular flexibility index (Phi) is 6.82. The van der Waals surface area contributed by atoms with Gasteiger partial charge in [-0.1, -0.05) is 32.4 Å². The lowest BCUT2D eigenvalue weighted by Crippen LogP contribution is -2.28. The van der Waals surface area contributed by atoms with E-state index in [4.69, 9.17) is 15.9 Å². The number of aryl methyl sites for hydroxylation is 1. The minimum atomic E-state index is -0.471. The van der Waals surface area contributed by atoms with Gasteiger partial charge in [-0.3, -0.25) is 4.68 Å². The molecule has 1 atom stereocenters. The molecule has 8 nitrogen and oxygen atoms in total. The Morgan fingerprint density at radius 2 is 1.67 bits per heavy atom. The van der Waals surface area contributed by atoms with Crippen molar-refractivity contribution in [3.05, 3.63) is 46.1 Å². The van der Waals surface area contributed by atoms with E-state index in [9.17, 15) is 10.5 Å². The van der Waals surface area contributed by atoms with Crippen LogP contribution in [0.15, 0.2) is 12.2 Å². The Hall–Kier alpha value is -3.78. The molecule has 2 aromatic rings. The van der Waals surface area contributed by atoms with Crippen molar-refractivity contribution in [2.45, 2.75) is 71.6 Å². The van der Waals surface area contributed by atoms with Crippen LogP contribution in [-0.4, -0.2) is 32.0 Å². The third kappa shape index (κ3) is 4.68. The van der Waals surface area contributed by atoms with Crippen LogP contribution in [0.25, 0.3) is 11.8 Å². The molecule has 0 amide bonds. The maximum absolute atomic E-state index is 10.1. The summed E-state index contributed by atoms with van der Waals surface area (Å²) >= 11 is 0. The molecule has 0 saturated heterocycles. The van der Waals surface area contributed by atoms with E-state index in [-0.39, 0.29) is 10.8 Å². The Bertz CT molecular complexity index is 1330. The number of allylic oxidation sites excluding steroid dienone is 3. The Morgan fingerprint density at radius 3 is 2.17 bits per heavy atom. The smallest absolute Gasteiger partial charge is 0.151 e. The Morgan fingerprint density at radius 1 is 1.03 bits per heavy atom. The second-order valence-electron chi connectivity index (χ2n) is 10.9. The zero-order valence-electron chi connectivity index (χ0n) is 21.6. The van der Waals surface area contributed by atoms with Crippen molar-refractivity contribution >= 4 is 24.2 Å². The van der Waals surface area contributed by atoms with Gasteiger partial charge in [-0.25, -0.2) is 4.68 Å². The summed E-state index contributed by atoms with van der Waals surface area (Å²) in [5, 5.41) is 45.4. The number of nitriles is 2. The van der Waals surface area contributed by atoms with Gasteiger partial charge < -0.3 is 10.8 Å². The summed E-state index contributed by atoms with van der Waals surface area (Å²) in [4.78, 5) is 0. The fourth-order valence-electron chi connectivity index (χ4n) is 5.20. The van der Waals surface area contributed by atoms with Crippen LogP contribution >= 0.6 is 0 Å². The van der Waals surface area contributed by atoms with Crippen LogP contribution in [0.3, 0.4) is 0 Å². The van der Waals surface area contributed by atoms with Gasteiger partial charge in [0.2, 0.25) is 0 Å². The molecule has 2 fully saturated rings. The summed E-state index contributed by atoms with van der Waals surface area (Å²) in [6.45, 7) is 6.34. The van der Waals surface area contributed by atoms with Gasteiger partial charge in [-0.2, -0.15) is 20.7 Å². The van der Waals surface area contributed by atoms with Crippen LogP contribution in [0.4, 0.5) is 0 Å². The maximum Gasteiger partial charge on any atom is 0.151 e. The van der Waals surface area contributed by atoms with Gasteiger partial charge in [-0.15, -0.1) is 0 Å². The third-order valence-corrected chi connectivity index (χ3v) is 7.91. The minimum absolute atomic E-state index is 0.161. The molecule has 36 heavy (non-hydrogen) atoms. The second-order valence-corrected chi connectivity index (χ2v) is 10.9. The van der Waals surface area contributed by atoms with Crippen LogP contribution in [0.5, 0.6) is 0 Å². The zero-order valence-corrected chi connectivity index (χ0v) is 21.6. The Balaban J connectivity index is 1.76. The summed E-state index contributed by atoms with van der Waals surface area (Å²) in [5.74, 6) is -0.471. The first kappa shape index (κ1) is 25.3. The predicted molar refractivity (Wildman–Crippen MR) is 141 cm³/mol. The van der Waals surface area contributed by atoms with Crippen molar-refractivity contribution < 1.29 is 0 Å². The number of rotatable bonds is 10. The summed E-state index contributed by atoms with van der Waals surface area (Å²) in [6, 6.07) is 4.56. The van der Waals surface area contributed by atoms with Gasteiger partial charge in [0.15, 0.2) is 5.69 Å². The Labute approximate surface area is 212 Å². The van der Waals surface area contributed by atoms with Gasteiger partial charge >= 0.3 is 0 Å². The van der Waals surface area contributed by atoms with Crippen molar-refractivity contribution in [3.63, 3.8) is 0 Å². The molecule has 2 aliphatic rings. The van der Waals surface area contributed by atoms with Crippen LogP contribution in [0.1, 0.15) is 92.7 Å². The van der Waals surface area contributed by atoms with Crippen molar-refractivity contribution in [1.82, 2.24) is 19.6 Å². The van der Waals surface area contributed by atoms with Crippen molar-refractivity contribution in [2.24, 2.45) is 17.9 Å². The minimum Gasteiger partial charge on any atom is -0.312 e. The van der Waals surface area contributed by atoms with Gasteiger partial charge in [-0.05, 0) is 61.9 Å². The van der Waals surface area contributed by atoms with E-state index in [1.54, 1.807) is 22.6 Å². The van der Waals surface area contributed by atoms with Crippen LogP contribution in [-0.2, 0) is 19.9 Å². The standard InChI is InChI=1S/C28H34N8/c1-5-19(15-29)25-22(14-27(2)8-6-9-27)34-36(24(25)18-32)12-7-20(16-30)26-21(13-28(3)10-11-28)33-35(4)23(26)17-31/h5,7,12,15-16,20,29-30H,6,8-11,13-14H2,1-4H3/b12-7+,19-5?,29-15?,30-16?. The lowest BCUT2D eigenvalue weighted by Gasteiger charge is -2.38. The van der Waals surface area contributed by atoms with Gasteiger partial charge in [0.25, 0.3) is 0 Å². The first-order valence-corrected chi connectivity index (χ1v) is 12.5. The molecular formula is C28H34N8. The second kappa shape index (κ2) is 9.70. The average molecular weight is 483 g/mol. The molecular weight excluding hydrogens is 448 g/mol. The van der Waals surface area contributed by atoms with Crippen LogP contribution < -0.4 is 0 Å². The first-order valence-electron chi connectivity index (χ1n) is 12.5. The number of aromatic nitrogens is 4. The SMILES string of the molecule is CC=C(C=N)c1c(CC2(C)CCC2)nn(/C=C/C(C=N)c2c(CC3(C)CC3)nn(C)c2C#N)c1C#N. The molecule has 2 saturated carbocycles. The van der Waals surface area contributed by atoms with E-state index in [1.807, 2.05) is 19.1 Å². The highest BCUT2D eigenvalue weighted by molar-refractivity contribution is 6.09. The summed E-state index contributed by atoms with van der Waals surface area (Å²) in [6.07, 6.45) is 15.2. The maximum atomic E-state index is 10.1. The molecule has 2 aliphatic carbocycles. The zero-order chi connectivity index (χ0) is 26.1. The van der Waals surface area contributed by atoms with Crippen molar-refractivity contribution in [2.75, 3.05) is 0 Å². The number of hydrogen-bond donors (Lipinski definition) is 2. The van der Waals surface area contributed by atoms with Crippen LogP contribution in [0, 0.1) is 44.3 Å². The highest BCUT2D eigenvalue weighted by Gasteiger charge is 2.39. The third-order valence-electron chi connectivity index (χ3n) is 7.91. The van der Waals surface area contributed by atoms with E-state index in [0.29, 0.717) is 22.5 Å². The topological polar surface area (TPSA) is 131 Å². The predicted octanol–water partition coefficient (Wildman–Crippen LogP) is 5.39. The largest absolute Gasteiger partial charge is 0.312 e. The number of hydrogen-bond acceptors (Lipinski definition) is 6.